The highest BCUT2D eigenvalue weighted by Gasteiger charge is 2.49. The van der Waals surface area contributed by atoms with Gasteiger partial charge >= 0.3 is 0 Å². The van der Waals surface area contributed by atoms with Crippen LogP contribution in [0.4, 0.5) is 0 Å². The number of benzene rings is 2. The van der Waals surface area contributed by atoms with Crippen molar-refractivity contribution < 1.29 is 9.59 Å². The molecule has 1 saturated carbocycles. The van der Waals surface area contributed by atoms with E-state index in [9.17, 15) is 9.59 Å². The number of carbonyl (C=O) groups is 2. The molecule has 1 fully saturated rings. The number of fused-ring (bicyclic) bond motifs is 1. The molecule has 0 saturated heterocycles. The first-order chi connectivity index (χ1) is 15.1. The number of hydrogen-bond donors (Lipinski definition) is 1. The minimum atomic E-state index is -0.584. The molecule has 1 unspecified atom stereocenters. The molecule has 31 heavy (non-hydrogen) atoms. The van der Waals surface area contributed by atoms with Crippen LogP contribution in [0.2, 0.25) is 0 Å². The van der Waals surface area contributed by atoms with Crippen LogP contribution in [0, 0.1) is 5.92 Å². The molecule has 1 spiro atoms. The summed E-state index contributed by atoms with van der Waals surface area (Å²) in [4.78, 5) is 33.3. The summed E-state index contributed by atoms with van der Waals surface area (Å²) in [6.07, 6.45) is 5.56. The van der Waals surface area contributed by atoms with Crippen LogP contribution in [0.5, 0.6) is 0 Å². The first kappa shape index (κ1) is 20.0. The van der Waals surface area contributed by atoms with Crippen LogP contribution < -0.4 is 5.32 Å². The van der Waals surface area contributed by atoms with Gasteiger partial charge < -0.3 is 10.2 Å². The maximum absolute atomic E-state index is 13.4. The van der Waals surface area contributed by atoms with Gasteiger partial charge in [0.1, 0.15) is 17.9 Å². The fraction of sp³-hybridized carbons (Fsp3) is 0.423. The maximum atomic E-state index is 13.4. The summed E-state index contributed by atoms with van der Waals surface area (Å²) in [5, 5.41) is 3.18. The lowest BCUT2D eigenvalue weighted by atomic mass is 9.82. The fourth-order valence-corrected chi connectivity index (χ4v) is 5.33. The summed E-state index contributed by atoms with van der Waals surface area (Å²) >= 11 is 0. The Hall–Kier alpha value is -2.95. The molecule has 5 rings (SSSR count). The molecule has 0 radical (unpaired) electrons. The van der Waals surface area contributed by atoms with Gasteiger partial charge in [0.25, 0.3) is 5.91 Å². The SMILES string of the molecule is CC1CCC2(CC1)N=C(c1ccccc1)C(=O)N2CC(=O)NC1CCc2ccccc21. The van der Waals surface area contributed by atoms with E-state index in [1.165, 1.54) is 11.1 Å². The van der Waals surface area contributed by atoms with Gasteiger partial charge in [0, 0.05) is 5.56 Å². The van der Waals surface area contributed by atoms with E-state index in [4.69, 9.17) is 4.99 Å². The van der Waals surface area contributed by atoms with Crippen molar-refractivity contribution in [1.29, 1.82) is 0 Å². The third-order valence-corrected chi connectivity index (χ3v) is 7.16. The molecule has 0 bridgehead atoms. The average molecular weight is 416 g/mol. The number of amides is 2. The van der Waals surface area contributed by atoms with Crippen LogP contribution in [0.3, 0.4) is 0 Å². The fourth-order valence-electron chi connectivity index (χ4n) is 5.33. The third kappa shape index (κ3) is 3.67. The lowest BCUT2D eigenvalue weighted by Gasteiger charge is -2.40. The highest BCUT2D eigenvalue weighted by molar-refractivity contribution is 6.47. The molecule has 2 amide bonds. The highest BCUT2D eigenvalue weighted by Crippen LogP contribution is 2.41. The maximum Gasteiger partial charge on any atom is 0.275 e. The van der Waals surface area contributed by atoms with Crippen LogP contribution in [-0.4, -0.2) is 34.6 Å². The minimum absolute atomic E-state index is 0.0262. The normalized spacial score (nSPS) is 27.3. The third-order valence-electron chi connectivity index (χ3n) is 7.16. The summed E-state index contributed by atoms with van der Waals surface area (Å²) in [6, 6.07) is 17.9. The molecule has 1 aliphatic heterocycles. The number of hydrogen-bond acceptors (Lipinski definition) is 3. The zero-order chi connectivity index (χ0) is 21.4. The molecule has 1 atom stereocenters. The van der Waals surface area contributed by atoms with Gasteiger partial charge in [0.15, 0.2) is 0 Å². The molecule has 160 valence electrons. The second-order valence-electron chi connectivity index (χ2n) is 9.24. The lowest BCUT2D eigenvalue weighted by Crippen LogP contribution is -2.52. The molecule has 2 aromatic carbocycles. The van der Waals surface area contributed by atoms with Gasteiger partial charge in [-0.15, -0.1) is 0 Å². The average Bonchev–Trinajstić information content (AvgIpc) is 3.31. The second kappa shape index (κ2) is 7.95. The van der Waals surface area contributed by atoms with Crippen molar-refractivity contribution in [3.8, 4) is 0 Å². The lowest BCUT2D eigenvalue weighted by molar-refractivity contribution is -0.136. The monoisotopic (exact) mass is 415 g/mol. The summed E-state index contributed by atoms with van der Waals surface area (Å²) in [5.41, 5.74) is 3.25. The van der Waals surface area contributed by atoms with E-state index in [1.54, 1.807) is 4.90 Å². The van der Waals surface area contributed by atoms with E-state index in [-0.39, 0.29) is 24.4 Å². The molecule has 2 aliphatic carbocycles. The second-order valence-corrected chi connectivity index (χ2v) is 9.24. The molecule has 2 aromatic rings. The van der Waals surface area contributed by atoms with Crippen LogP contribution in [0.25, 0.3) is 0 Å². The minimum Gasteiger partial charge on any atom is -0.348 e. The van der Waals surface area contributed by atoms with Gasteiger partial charge in [0.2, 0.25) is 5.91 Å². The van der Waals surface area contributed by atoms with Crippen molar-refractivity contribution in [3.05, 3.63) is 71.3 Å². The largest absolute Gasteiger partial charge is 0.348 e. The van der Waals surface area contributed by atoms with Gasteiger partial charge in [-0.05, 0) is 55.6 Å². The Morgan fingerprint density at radius 1 is 1.06 bits per heavy atom. The van der Waals surface area contributed by atoms with E-state index < -0.39 is 5.66 Å². The quantitative estimate of drug-likeness (QED) is 0.820. The Bertz CT molecular complexity index is 1020. The Labute approximate surface area is 183 Å². The van der Waals surface area contributed by atoms with Crippen LogP contribution in [0.1, 0.15) is 61.8 Å². The number of nitrogens with zero attached hydrogens (tertiary/aromatic N) is 2. The summed E-state index contributed by atoms with van der Waals surface area (Å²) in [7, 11) is 0. The Morgan fingerprint density at radius 2 is 1.77 bits per heavy atom. The van der Waals surface area contributed by atoms with Gasteiger partial charge in [-0.3, -0.25) is 14.6 Å². The molecule has 1 N–H and O–H groups in total. The molecule has 5 nitrogen and oxygen atoms in total. The number of carbonyl (C=O) groups excluding carboxylic acids is 2. The van der Waals surface area contributed by atoms with Crippen molar-refractivity contribution in [2.75, 3.05) is 6.54 Å². The van der Waals surface area contributed by atoms with Crippen molar-refractivity contribution in [2.45, 2.75) is 57.2 Å². The molecular weight excluding hydrogens is 386 g/mol. The first-order valence-electron chi connectivity index (χ1n) is 11.4. The Balaban J connectivity index is 1.37. The van der Waals surface area contributed by atoms with Crippen molar-refractivity contribution >= 4 is 17.5 Å². The van der Waals surface area contributed by atoms with E-state index >= 15 is 0 Å². The predicted molar refractivity (Wildman–Crippen MR) is 121 cm³/mol. The van der Waals surface area contributed by atoms with Crippen LogP contribution in [0.15, 0.2) is 59.6 Å². The number of nitrogens with one attached hydrogen (secondary N) is 1. The van der Waals surface area contributed by atoms with Crippen molar-refractivity contribution in [3.63, 3.8) is 0 Å². The topological polar surface area (TPSA) is 61.8 Å². The molecular formula is C26H29N3O2. The van der Waals surface area contributed by atoms with Crippen molar-refractivity contribution in [1.82, 2.24) is 10.2 Å². The summed E-state index contributed by atoms with van der Waals surface area (Å²) < 4.78 is 0. The van der Waals surface area contributed by atoms with Gasteiger partial charge in [-0.2, -0.15) is 0 Å². The molecule has 0 aromatic heterocycles. The van der Waals surface area contributed by atoms with E-state index in [2.05, 4.69) is 24.4 Å². The van der Waals surface area contributed by atoms with Crippen LogP contribution in [-0.2, 0) is 16.0 Å². The zero-order valence-corrected chi connectivity index (χ0v) is 18.0. The zero-order valence-electron chi connectivity index (χ0n) is 18.0. The van der Waals surface area contributed by atoms with Crippen LogP contribution >= 0.6 is 0 Å². The van der Waals surface area contributed by atoms with E-state index in [0.29, 0.717) is 11.6 Å². The number of aliphatic imine (C=N–C) groups is 1. The molecule has 5 heteroatoms. The van der Waals surface area contributed by atoms with Gasteiger partial charge in [-0.25, -0.2) is 0 Å². The molecule has 3 aliphatic rings. The van der Waals surface area contributed by atoms with Crippen molar-refractivity contribution in [2.24, 2.45) is 10.9 Å². The van der Waals surface area contributed by atoms with Gasteiger partial charge in [-0.1, -0.05) is 61.5 Å². The standard InChI is InChI=1S/C26H29N3O2/c1-18-13-15-26(16-14-18)28-24(20-8-3-2-4-9-20)25(31)29(26)17-23(30)27-22-12-11-19-7-5-6-10-21(19)22/h2-10,18,22H,11-17H2,1H3,(H,27,30). The summed E-state index contributed by atoms with van der Waals surface area (Å²) in [5.74, 6) is 0.405. The Kier molecular flexibility index (Phi) is 5.12. The van der Waals surface area contributed by atoms with E-state index in [0.717, 1.165) is 44.1 Å². The predicted octanol–water partition coefficient (Wildman–Crippen LogP) is 4.03. The smallest absolute Gasteiger partial charge is 0.275 e. The molecule has 1 heterocycles. The first-order valence-corrected chi connectivity index (χ1v) is 11.4. The van der Waals surface area contributed by atoms with Gasteiger partial charge in [0.05, 0.1) is 6.04 Å². The number of rotatable bonds is 4. The highest BCUT2D eigenvalue weighted by atomic mass is 16.2. The number of aryl methyl sites for hydroxylation is 1. The summed E-state index contributed by atoms with van der Waals surface area (Å²) in [6.45, 7) is 2.31. The van der Waals surface area contributed by atoms with E-state index in [1.807, 2.05) is 42.5 Å². The Morgan fingerprint density at radius 3 is 2.55 bits per heavy atom.